The number of hydrogen-bond donors (Lipinski definition) is 2. The van der Waals surface area contributed by atoms with Crippen molar-refractivity contribution in [3.05, 3.63) is 42.5 Å². The first-order valence-electron chi connectivity index (χ1n) is 9.81. The van der Waals surface area contributed by atoms with E-state index in [9.17, 15) is 23.1 Å². The van der Waals surface area contributed by atoms with E-state index in [4.69, 9.17) is 0 Å². The minimum atomic E-state index is -3.87. The summed E-state index contributed by atoms with van der Waals surface area (Å²) in [7, 11) is -3.87. The topological polar surface area (TPSA) is 107 Å². The molecule has 1 aromatic rings. The predicted octanol–water partition coefficient (Wildman–Crippen LogP) is 0.739. The zero-order valence-corrected chi connectivity index (χ0v) is 17.1. The quantitative estimate of drug-likeness (QED) is 0.659. The van der Waals surface area contributed by atoms with Crippen LogP contribution >= 0.6 is 0 Å². The number of aliphatic hydroxyl groups is 1. The van der Waals surface area contributed by atoms with Crippen molar-refractivity contribution in [2.75, 3.05) is 26.2 Å². The first kappa shape index (κ1) is 21.5. The molecule has 3 rings (SSSR count). The van der Waals surface area contributed by atoms with E-state index in [0.29, 0.717) is 12.0 Å². The van der Waals surface area contributed by atoms with Crippen LogP contribution in [0.25, 0.3) is 0 Å². The van der Waals surface area contributed by atoms with Gasteiger partial charge < -0.3 is 15.3 Å². The molecule has 2 amide bonds. The Kier molecular flexibility index (Phi) is 6.71. The molecule has 2 aliphatic rings. The Bertz CT molecular complexity index is 863. The van der Waals surface area contributed by atoms with Gasteiger partial charge in [0.2, 0.25) is 15.9 Å². The number of nitrogens with zero attached hydrogens (tertiary/aromatic N) is 2. The first-order valence-corrected chi connectivity index (χ1v) is 11.3. The highest BCUT2D eigenvalue weighted by Crippen LogP contribution is 2.27. The second kappa shape index (κ2) is 9.06. The Morgan fingerprint density at radius 2 is 1.83 bits per heavy atom. The summed E-state index contributed by atoms with van der Waals surface area (Å²) < 4.78 is 27.4. The smallest absolute Gasteiger partial charge is 0.253 e. The van der Waals surface area contributed by atoms with Crippen molar-refractivity contribution in [1.29, 1.82) is 0 Å². The molecule has 0 bridgehead atoms. The largest absolute Gasteiger partial charge is 0.395 e. The standard InChI is InChI=1S/C20H27N3O5S/c1-2-19(25)21-16-12-17(14-24)23(13-16)29(27,28)18-8-6-15(7-9-18)20(26)22-10-4-3-5-11-22/h2,6-9,16-17,24H,1,3-5,10-14H2,(H,21,25). The molecule has 2 atom stereocenters. The molecule has 158 valence electrons. The van der Waals surface area contributed by atoms with E-state index in [1.807, 2.05) is 0 Å². The van der Waals surface area contributed by atoms with Crippen molar-refractivity contribution < 1.29 is 23.1 Å². The zero-order chi connectivity index (χ0) is 21.0. The van der Waals surface area contributed by atoms with Gasteiger partial charge in [0.25, 0.3) is 5.91 Å². The van der Waals surface area contributed by atoms with Crippen molar-refractivity contribution in [2.45, 2.75) is 42.7 Å². The van der Waals surface area contributed by atoms with Crippen LogP contribution in [0.5, 0.6) is 0 Å². The molecule has 2 N–H and O–H groups in total. The minimum Gasteiger partial charge on any atom is -0.395 e. The van der Waals surface area contributed by atoms with Crippen molar-refractivity contribution in [3.8, 4) is 0 Å². The highest BCUT2D eigenvalue weighted by atomic mass is 32.2. The molecule has 29 heavy (non-hydrogen) atoms. The average molecular weight is 422 g/mol. The number of likely N-dealkylation sites (tertiary alicyclic amines) is 1. The van der Waals surface area contributed by atoms with E-state index in [0.717, 1.165) is 38.4 Å². The normalized spacial score (nSPS) is 23.0. The van der Waals surface area contributed by atoms with Crippen LogP contribution in [-0.4, -0.2) is 72.9 Å². The molecular weight excluding hydrogens is 394 g/mol. The first-order chi connectivity index (χ1) is 13.9. The number of rotatable bonds is 6. The summed E-state index contributed by atoms with van der Waals surface area (Å²) in [5, 5.41) is 12.3. The van der Waals surface area contributed by atoms with Gasteiger partial charge in [-0.3, -0.25) is 9.59 Å². The number of amides is 2. The lowest BCUT2D eigenvalue weighted by Gasteiger charge is -2.27. The van der Waals surface area contributed by atoms with Gasteiger partial charge in [0, 0.05) is 31.2 Å². The van der Waals surface area contributed by atoms with Gasteiger partial charge in [-0.15, -0.1) is 0 Å². The number of nitrogens with one attached hydrogen (secondary N) is 1. The molecule has 0 saturated carbocycles. The van der Waals surface area contributed by atoms with Crippen LogP contribution in [0.3, 0.4) is 0 Å². The van der Waals surface area contributed by atoms with Crippen LogP contribution in [0, 0.1) is 0 Å². The summed E-state index contributed by atoms with van der Waals surface area (Å²) in [6.45, 7) is 4.57. The molecule has 0 radical (unpaired) electrons. The van der Waals surface area contributed by atoms with Gasteiger partial charge in [-0.1, -0.05) is 6.58 Å². The summed E-state index contributed by atoms with van der Waals surface area (Å²) in [6, 6.07) is 4.90. The maximum absolute atomic E-state index is 13.1. The van der Waals surface area contributed by atoms with Crippen molar-refractivity contribution in [3.63, 3.8) is 0 Å². The lowest BCUT2D eigenvalue weighted by atomic mass is 10.1. The molecule has 0 aliphatic carbocycles. The van der Waals surface area contributed by atoms with E-state index < -0.39 is 22.1 Å². The van der Waals surface area contributed by atoms with Crippen LogP contribution in [0.15, 0.2) is 41.8 Å². The molecule has 8 nitrogen and oxygen atoms in total. The Labute approximate surface area is 171 Å². The molecule has 2 aliphatic heterocycles. The number of carbonyl (C=O) groups is 2. The summed E-state index contributed by atoms with van der Waals surface area (Å²) in [6.07, 6.45) is 4.54. The third kappa shape index (κ3) is 4.68. The van der Waals surface area contributed by atoms with E-state index >= 15 is 0 Å². The highest BCUT2D eigenvalue weighted by molar-refractivity contribution is 7.89. The highest BCUT2D eigenvalue weighted by Gasteiger charge is 2.40. The lowest BCUT2D eigenvalue weighted by Crippen LogP contribution is -2.39. The number of carbonyl (C=O) groups excluding carboxylic acids is 2. The number of sulfonamides is 1. The van der Waals surface area contributed by atoms with E-state index in [1.54, 1.807) is 4.90 Å². The summed E-state index contributed by atoms with van der Waals surface area (Å²) >= 11 is 0. The summed E-state index contributed by atoms with van der Waals surface area (Å²) in [5.74, 6) is -0.471. The molecule has 0 aromatic heterocycles. The molecule has 2 saturated heterocycles. The molecule has 2 heterocycles. The number of hydrogen-bond acceptors (Lipinski definition) is 5. The fraction of sp³-hybridized carbons (Fsp3) is 0.500. The minimum absolute atomic E-state index is 0.0573. The maximum atomic E-state index is 13.1. The van der Waals surface area contributed by atoms with Gasteiger partial charge in [-0.05, 0) is 56.0 Å². The van der Waals surface area contributed by atoms with Gasteiger partial charge in [-0.2, -0.15) is 4.31 Å². The molecule has 2 fully saturated rings. The summed E-state index contributed by atoms with van der Waals surface area (Å²) in [4.78, 5) is 26.0. The van der Waals surface area contributed by atoms with Crippen molar-refractivity contribution in [1.82, 2.24) is 14.5 Å². The van der Waals surface area contributed by atoms with Crippen molar-refractivity contribution in [2.24, 2.45) is 0 Å². The summed E-state index contributed by atoms with van der Waals surface area (Å²) in [5.41, 5.74) is 0.460. The SMILES string of the molecule is C=CC(=O)NC1CC(CO)N(S(=O)(=O)c2ccc(C(=O)N3CCCCC3)cc2)C1. The average Bonchev–Trinajstić information content (AvgIpc) is 3.17. The van der Waals surface area contributed by atoms with Crippen molar-refractivity contribution >= 4 is 21.8 Å². The predicted molar refractivity (Wildman–Crippen MR) is 108 cm³/mol. The molecule has 9 heteroatoms. The molecular formula is C20H27N3O5S. The Balaban J connectivity index is 1.75. The molecule has 2 unspecified atom stereocenters. The van der Waals surface area contributed by atoms with Gasteiger partial charge in [0.15, 0.2) is 0 Å². The fourth-order valence-corrected chi connectivity index (χ4v) is 5.57. The zero-order valence-electron chi connectivity index (χ0n) is 16.3. The number of aliphatic hydroxyl groups excluding tert-OH is 1. The lowest BCUT2D eigenvalue weighted by molar-refractivity contribution is -0.117. The van der Waals surface area contributed by atoms with Gasteiger partial charge >= 0.3 is 0 Å². The monoisotopic (exact) mass is 421 g/mol. The van der Waals surface area contributed by atoms with Gasteiger partial charge in [-0.25, -0.2) is 8.42 Å². The van der Waals surface area contributed by atoms with Gasteiger partial charge in [0.05, 0.1) is 17.5 Å². The fourth-order valence-electron chi connectivity index (χ4n) is 3.90. The Hall–Kier alpha value is -2.23. The third-order valence-electron chi connectivity index (χ3n) is 5.46. The Morgan fingerprint density at radius 1 is 1.17 bits per heavy atom. The Morgan fingerprint density at radius 3 is 2.41 bits per heavy atom. The number of benzene rings is 1. The maximum Gasteiger partial charge on any atom is 0.253 e. The van der Waals surface area contributed by atoms with Crippen LogP contribution < -0.4 is 5.32 Å². The number of piperidine rings is 1. The second-order valence-electron chi connectivity index (χ2n) is 7.43. The van der Waals surface area contributed by atoms with E-state index in [2.05, 4.69) is 11.9 Å². The molecule has 1 aromatic carbocycles. The van der Waals surface area contributed by atoms with Crippen LogP contribution in [0.4, 0.5) is 0 Å². The second-order valence-corrected chi connectivity index (χ2v) is 9.32. The third-order valence-corrected chi connectivity index (χ3v) is 7.39. The van der Waals surface area contributed by atoms with E-state index in [1.165, 1.54) is 28.6 Å². The van der Waals surface area contributed by atoms with E-state index in [-0.39, 0.29) is 29.9 Å². The van der Waals surface area contributed by atoms with Gasteiger partial charge in [0.1, 0.15) is 0 Å². The van der Waals surface area contributed by atoms with Crippen LogP contribution in [0.2, 0.25) is 0 Å². The van der Waals surface area contributed by atoms with Crippen LogP contribution in [-0.2, 0) is 14.8 Å². The van der Waals surface area contributed by atoms with Crippen LogP contribution in [0.1, 0.15) is 36.0 Å². The molecule has 0 spiro atoms.